The van der Waals surface area contributed by atoms with Crippen molar-refractivity contribution in [3.05, 3.63) is 84.4 Å². The number of carbonyl (C=O) groups is 2. The molecule has 0 saturated carbocycles. The van der Waals surface area contributed by atoms with Crippen molar-refractivity contribution in [2.75, 3.05) is 17.2 Å². The first-order valence-electron chi connectivity index (χ1n) is 11.1. The Labute approximate surface area is 199 Å². The maximum atomic E-state index is 12.8. The normalized spacial score (nSPS) is 11.6. The van der Waals surface area contributed by atoms with Crippen molar-refractivity contribution in [2.45, 2.75) is 43.3 Å². The zero-order valence-electron chi connectivity index (χ0n) is 19.2. The van der Waals surface area contributed by atoms with E-state index < -0.39 is 0 Å². The van der Waals surface area contributed by atoms with Crippen LogP contribution in [0, 0.1) is 0 Å². The highest BCUT2D eigenvalue weighted by Crippen LogP contribution is 2.29. The standard InChI is InChI=1S/C27H30N2O3S/c1-4-25(27(31)29-21-15-13-20(14-16-21)19(2)3)33-24-12-8-9-22(17-24)28-26(30)18-32-23-10-6-5-7-11-23/h5-17,19,25H,4,18H2,1-3H3,(H,28,30)(H,29,31). The molecule has 0 aromatic heterocycles. The van der Waals surface area contributed by atoms with Gasteiger partial charge in [0.15, 0.2) is 6.61 Å². The predicted octanol–water partition coefficient (Wildman–Crippen LogP) is 6.34. The van der Waals surface area contributed by atoms with Crippen LogP contribution < -0.4 is 15.4 Å². The topological polar surface area (TPSA) is 67.4 Å². The Balaban J connectivity index is 1.55. The summed E-state index contributed by atoms with van der Waals surface area (Å²) in [6.45, 7) is 6.21. The molecule has 1 unspecified atom stereocenters. The van der Waals surface area contributed by atoms with Crippen molar-refractivity contribution in [1.82, 2.24) is 0 Å². The third-order valence-corrected chi connectivity index (χ3v) is 6.38. The summed E-state index contributed by atoms with van der Waals surface area (Å²) in [5.74, 6) is 0.820. The molecule has 0 saturated heterocycles. The maximum Gasteiger partial charge on any atom is 0.262 e. The molecule has 33 heavy (non-hydrogen) atoms. The second-order valence-electron chi connectivity index (χ2n) is 7.96. The van der Waals surface area contributed by atoms with E-state index in [2.05, 4.69) is 24.5 Å². The Morgan fingerprint density at radius 1 is 0.879 bits per heavy atom. The van der Waals surface area contributed by atoms with Gasteiger partial charge < -0.3 is 15.4 Å². The van der Waals surface area contributed by atoms with E-state index >= 15 is 0 Å². The maximum absolute atomic E-state index is 12.8. The van der Waals surface area contributed by atoms with Crippen LogP contribution in [0.25, 0.3) is 0 Å². The average Bonchev–Trinajstić information content (AvgIpc) is 2.82. The summed E-state index contributed by atoms with van der Waals surface area (Å²) < 4.78 is 5.49. The molecule has 0 bridgehead atoms. The van der Waals surface area contributed by atoms with Crippen LogP contribution in [0.3, 0.4) is 0 Å². The molecule has 0 radical (unpaired) electrons. The lowest BCUT2D eigenvalue weighted by Gasteiger charge is -2.16. The smallest absolute Gasteiger partial charge is 0.262 e. The van der Waals surface area contributed by atoms with Gasteiger partial charge in [0.25, 0.3) is 5.91 Å². The van der Waals surface area contributed by atoms with Crippen molar-refractivity contribution in [1.29, 1.82) is 0 Å². The van der Waals surface area contributed by atoms with E-state index in [0.717, 1.165) is 10.6 Å². The summed E-state index contributed by atoms with van der Waals surface area (Å²) in [7, 11) is 0. The van der Waals surface area contributed by atoms with E-state index in [0.29, 0.717) is 23.8 Å². The van der Waals surface area contributed by atoms with E-state index in [-0.39, 0.29) is 23.7 Å². The van der Waals surface area contributed by atoms with E-state index in [9.17, 15) is 9.59 Å². The molecule has 0 aliphatic heterocycles. The molecule has 0 spiro atoms. The minimum Gasteiger partial charge on any atom is -0.484 e. The molecular formula is C27H30N2O3S. The molecule has 3 aromatic carbocycles. The van der Waals surface area contributed by atoms with Gasteiger partial charge in [-0.3, -0.25) is 9.59 Å². The molecule has 0 heterocycles. The van der Waals surface area contributed by atoms with Gasteiger partial charge in [0.1, 0.15) is 5.75 Å². The van der Waals surface area contributed by atoms with Gasteiger partial charge in [-0.05, 0) is 60.4 Å². The van der Waals surface area contributed by atoms with Gasteiger partial charge in [0, 0.05) is 16.3 Å². The predicted molar refractivity (Wildman–Crippen MR) is 136 cm³/mol. The van der Waals surface area contributed by atoms with Crippen LogP contribution in [0.4, 0.5) is 11.4 Å². The number of rotatable bonds is 10. The quantitative estimate of drug-likeness (QED) is 0.345. The van der Waals surface area contributed by atoms with Crippen LogP contribution >= 0.6 is 11.8 Å². The lowest BCUT2D eigenvalue weighted by molar-refractivity contribution is -0.118. The third-order valence-electron chi connectivity index (χ3n) is 5.02. The number of benzene rings is 3. The largest absolute Gasteiger partial charge is 0.484 e. The Morgan fingerprint density at radius 3 is 2.27 bits per heavy atom. The fourth-order valence-corrected chi connectivity index (χ4v) is 4.18. The Kier molecular flexibility index (Phi) is 8.95. The molecular weight excluding hydrogens is 432 g/mol. The molecule has 2 N–H and O–H groups in total. The van der Waals surface area contributed by atoms with Crippen LogP contribution in [0.5, 0.6) is 5.75 Å². The van der Waals surface area contributed by atoms with Crippen molar-refractivity contribution in [2.24, 2.45) is 0 Å². The Hall–Kier alpha value is -3.25. The molecule has 0 aliphatic rings. The van der Waals surface area contributed by atoms with Crippen LogP contribution in [0.15, 0.2) is 83.8 Å². The number of para-hydroxylation sites is 1. The van der Waals surface area contributed by atoms with E-state index in [1.807, 2.05) is 73.7 Å². The Bertz CT molecular complexity index is 1050. The average molecular weight is 463 g/mol. The molecule has 3 aromatic rings. The fraction of sp³-hybridized carbons (Fsp3) is 0.259. The number of hydrogen-bond donors (Lipinski definition) is 2. The first kappa shape index (κ1) is 24.4. The zero-order chi connectivity index (χ0) is 23.6. The number of carbonyl (C=O) groups excluding carboxylic acids is 2. The molecule has 6 heteroatoms. The molecule has 3 rings (SSSR count). The molecule has 172 valence electrons. The van der Waals surface area contributed by atoms with Gasteiger partial charge in [-0.1, -0.05) is 57.2 Å². The number of nitrogens with one attached hydrogen (secondary N) is 2. The molecule has 0 aliphatic carbocycles. The van der Waals surface area contributed by atoms with Crippen LogP contribution in [-0.4, -0.2) is 23.7 Å². The summed E-state index contributed by atoms with van der Waals surface area (Å²) >= 11 is 1.48. The van der Waals surface area contributed by atoms with Crippen molar-refractivity contribution in [3.63, 3.8) is 0 Å². The monoisotopic (exact) mass is 462 g/mol. The van der Waals surface area contributed by atoms with Gasteiger partial charge in [-0.25, -0.2) is 0 Å². The summed E-state index contributed by atoms with van der Waals surface area (Å²) in [6.07, 6.45) is 0.683. The lowest BCUT2D eigenvalue weighted by Crippen LogP contribution is -2.24. The minimum atomic E-state index is -0.248. The number of amides is 2. The second kappa shape index (κ2) is 12.1. The van der Waals surface area contributed by atoms with Gasteiger partial charge in [0.05, 0.1) is 5.25 Å². The minimum absolute atomic E-state index is 0.0366. The van der Waals surface area contributed by atoms with Crippen molar-refractivity contribution in [3.8, 4) is 5.75 Å². The SMILES string of the molecule is CCC(Sc1cccc(NC(=O)COc2ccccc2)c1)C(=O)Nc1ccc(C(C)C)cc1. The fourth-order valence-electron chi connectivity index (χ4n) is 3.17. The van der Waals surface area contributed by atoms with Crippen LogP contribution in [0.2, 0.25) is 0 Å². The van der Waals surface area contributed by atoms with Gasteiger partial charge in [0.2, 0.25) is 5.91 Å². The van der Waals surface area contributed by atoms with Crippen molar-refractivity contribution < 1.29 is 14.3 Å². The first-order valence-corrected chi connectivity index (χ1v) is 12.0. The van der Waals surface area contributed by atoms with E-state index in [4.69, 9.17) is 4.74 Å². The molecule has 5 nitrogen and oxygen atoms in total. The zero-order valence-corrected chi connectivity index (χ0v) is 20.0. The van der Waals surface area contributed by atoms with Crippen LogP contribution in [-0.2, 0) is 9.59 Å². The summed E-state index contributed by atoms with van der Waals surface area (Å²) in [5, 5.41) is 5.61. The van der Waals surface area contributed by atoms with Crippen molar-refractivity contribution >= 4 is 35.0 Å². The molecule has 2 amide bonds. The number of anilines is 2. The number of hydrogen-bond acceptors (Lipinski definition) is 4. The number of thioether (sulfide) groups is 1. The first-order chi connectivity index (χ1) is 15.9. The van der Waals surface area contributed by atoms with Crippen LogP contribution in [0.1, 0.15) is 38.7 Å². The van der Waals surface area contributed by atoms with Gasteiger partial charge in [-0.2, -0.15) is 0 Å². The summed E-state index contributed by atoms with van der Waals surface area (Å²) in [4.78, 5) is 26.0. The lowest BCUT2D eigenvalue weighted by atomic mass is 10.0. The van der Waals surface area contributed by atoms with E-state index in [1.165, 1.54) is 17.3 Å². The van der Waals surface area contributed by atoms with Gasteiger partial charge in [-0.15, -0.1) is 11.8 Å². The summed E-state index contributed by atoms with van der Waals surface area (Å²) in [6, 6.07) is 24.7. The second-order valence-corrected chi connectivity index (χ2v) is 9.23. The molecule has 0 fully saturated rings. The molecule has 1 atom stereocenters. The van der Waals surface area contributed by atoms with E-state index in [1.54, 1.807) is 12.1 Å². The Morgan fingerprint density at radius 2 is 1.61 bits per heavy atom. The third kappa shape index (κ3) is 7.68. The summed E-state index contributed by atoms with van der Waals surface area (Å²) in [5.41, 5.74) is 2.70. The number of ether oxygens (including phenoxy) is 1. The highest BCUT2D eigenvalue weighted by molar-refractivity contribution is 8.00. The van der Waals surface area contributed by atoms with Gasteiger partial charge >= 0.3 is 0 Å². The highest BCUT2D eigenvalue weighted by Gasteiger charge is 2.18. The highest BCUT2D eigenvalue weighted by atomic mass is 32.2.